The number of carbonyl (C=O) groups excluding carboxylic acids is 2. The lowest BCUT2D eigenvalue weighted by molar-refractivity contribution is -0.117. The normalized spacial score (nSPS) is 15.3. The van der Waals surface area contributed by atoms with E-state index in [1.54, 1.807) is 30.0 Å². The van der Waals surface area contributed by atoms with Crippen LogP contribution in [0.25, 0.3) is 0 Å². The third kappa shape index (κ3) is 5.27. The average molecular weight is 360 g/mol. The summed E-state index contributed by atoms with van der Waals surface area (Å²) in [6, 6.07) is 4.92. The van der Waals surface area contributed by atoms with E-state index in [9.17, 15) is 9.59 Å². The summed E-state index contributed by atoms with van der Waals surface area (Å²) in [6.07, 6.45) is -0.301. The monoisotopic (exact) mass is 359 g/mol. The van der Waals surface area contributed by atoms with E-state index in [1.807, 2.05) is 4.90 Å². The van der Waals surface area contributed by atoms with E-state index >= 15 is 0 Å². The number of hydrogen-bond donors (Lipinski definition) is 1. The summed E-state index contributed by atoms with van der Waals surface area (Å²) in [6.45, 7) is 4.74. The summed E-state index contributed by atoms with van der Waals surface area (Å²) >= 11 is 11.9. The van der Waals surface area contributed by atoms with Crippen molar-refractivity contribution >= 4 is 40.9 Å². The van der Waals surface area contributed by atoms with E-state index in [4.69, 9.17) is 27.9 Å². The second-order valence-corrected chi connectivity index (χ2v) is 5.98. The maximum absolute atomic E-state index is 12.1. The zero-order chi connectivity index (χ0) is 16.8. The number of nitrogens with one attached hydrogen (secondary N) is 1. The molecule has 0 saturated carbocycles. The van der Waals surface area contributed by atoms with E-state index in [0.29, 0.717) is 48.5 Å². The van der Waals surface area contributed by atoms with Gasteiger partial charge < -0.3 is 15.0 Å². The molecule has 2 amide bonds. The van der Waals surface area contributed by atoms with Gasteiger partial charge in [0, 0.05) is 31.2 Å². The lowest BCUT2D eigenvalue weighted by Crippen LogP contribution is -2.50. The number of amides is 2. The van der Waals surface area contributed by atoms with Crippen LogP contribution < -0.4 is 5.32 Å². The quantitative estimate of drug-likeness (QED) is 0.897. The summed E-state index contributed by atoms with van der Waals surface area (Å²) in [5, 5.41) is 3.68. The number of halogens is 2. The summed E-state index contributed by atoms with van der Waals surface area (Å²) in [5.74, 6) is -0.154. The van der Waals surface area contributed by atoms with Crippen LogP contribution in [0.15, 0.2) is 18.2 Å². The summed E-state index contributed by atoms with van der Waals surface area (Å²) in [5.41, 5.74) is 0.534. The molecule has 1 fully saturated rings. The fraction of sp³-hybridized carbons (Fsp3) is 0.467. The first-order chi connectivity index (χ1) is 11.0. The molecule has 0 aliphatic carbocycles. The van der Waals surface area contributed by atoms with Crippen LogP contribution in [0, 0.1) is 0 Å². The highest BCUT2D eigenvalue weighted by Crippen LogP contribution is 2.25. The Kier molecular flexibility index (Phi) is 6.50. The Morgan fingerprint density at radius 3 is 2.52 bits per heavy atom. The number of ether oxygens (including phenoxy) is 1. The Bertz CT molecular complexity index is 575. The Labute approximate surface area is 145 Å². The zero-order valence-electron chi connectivity index (χ0n) is 12.8. The molecule has 1 aliphatic heterocycles. The van der Waals surface area contributed by atoms with Gasteiger partial charge in [0.25, 0.3) is 0 Å². The van der Waals surface area contributed by atoms with Crippen LogP contribution in [0.5, 0.6) is 0 Å². The van der Waals surface area contributed by atoms with Crippen molar-refractivity contribution < 1.29 is 14.3 Å². The largest absolute Gasteiger partial charge is 0.450 e. The molecule has 1 aromatic rings. The SMILES string of the molecule is CCOC(=O)N1CCN(CC(=O)Nc2ccc(Cl)cc2Cl)CC1. The Morgan fingerprint density at radius 2 is 1.91 bits per heavy atom. The number of anilines is 1. The number of carbonyl (C=O) groups is 2. The molecular weight excluding hydrogens is 341 g/mol. The summed E-state index contributed by atoms with van der Waals surface area (Å²) in [4.78, 5) is 27.3. The molecule has 126 valence electrons. The van der Waals surface area contributed by atoms with Crippen molar-refractivity contribution in [1.29, 1.82) is 0 Å². The fourth-order valence-electron chi connectivity index (χ4n) is 2.29. The molecule has 0 radical (unpaired) electrons. The third-order valence-electron chi connectivity index (χ3n) is 3.47. The first-order valence-electron chi connectivity index (χ1n) is 7.38. The smallest absolute Gasteiger partial charge is 0.409 e. The molecule has 1 aromatic carbocycles. The first-order valence-corrected chi connectivity index (χ1v) is 8.14. The second kappa shape index (κ2) is 8.38. The third-order valence-corrected chi connectivity index (χ3v) is 4.02. The van der Waals surface area contributed by atoms with E-state index in [2.05, 4.69) is 5.32 Å². The molecule has 0 atom stereocenters. The topological polar surface area (TPSA) is 61.9 Å². The van der Waals surface area contributed by atoms with Crippen molar-refractivity contribution in [2.45, 2.75) is 6.92 Å². The van der Waals surface area contributed by atoms with Crippen molar-refractivity contribution in [2.24, 2.45) is 0 Å². The molecule has 8 heteroatoms. The van der Waals surface area contributed by atoms with E-state index < -0.39 is 0 Å². The van der Waals surface area contributed by atoms with Gasteiger partial charge in [0.05, 0.1) is 23.9 Å². The molecular formula is C15H19Cl2N3O3. The van der Waals surface area contributed by atoms with Gasteiger partial charge in [-0.2, -0.15) is 0 Å². The lowest BCUT2D eigenvalue weighted by Gasteiger charge is -2.33. The minimum Gasteiger partial charge on any atom is -0.450 e. The molecule has 1 heterocycles. The van der Waals surface area contributed by atoms with Crippen LogP contribution in [0.2, 0.25) is 10.0 Å². The number of rotatable bonds is 4. The van der Waals surface area contributed by atoms with Crippen molar-refractivity contribution in [3.05, 3.63) is 28.2 Å². The molecule has 0 unspecified atom stereocenters. The van der Waals surface area contributed by atoms with Gasteiger partial charge in [-0.05, 0) is 25.1 Å². The average Bonchev–Trinajstić information content (AvgIpc) is 2.51. The van der Waals surface area contributed by atoms with Gasteiger partial charge in [-0.1, -0.05) is 23.2 Å². The Balaban J connectivity index is 1.79. The van der Waals surface area contributed by atoms with Crippen LogP contribution in [0.1, 0.15) is 6.92 Å². The van der Waals surface area contributed by atoms with Gasteiger partial charge in [0.1, 0.15) is 0 Å². The molecule has 6 nitrogen and oxygen atoms in total. The van der Waals surface area contributed by atoms with E-state index in [0.717, 1.165) is 0 Å². The molecule has 1 N–H and O–H groups in total. The maximum atomic E-state index is 12.1. The minimum atomic E-state index is -0.301. The molecule has 0 bridgehead atoms. The Morgan fingerprint density at radius 1 is 1.22 bits per heavy atom. The number of benzene rings is 1. The van der Waals surface area contributed by atoms with Gasteiger partial charge >= 0.3 is 6.09 Å². The van der Waals surface area contributed by atoms with Gasteiger partial charge in [-0.15, -0.1) is 0 Å². The molecule has 1 aliphatic rings. The number of piperazine rings is 1. The van der Waals surface area contributed by atoms with Crippen LogP contribution in [0.4, 0.5) is 10.5 Å². The van der Waals surface area contributed by atoms with E-state index in [-0.39, 0.29) is 18.5 Å². The standard InChI is InChI=1S/C15H19Cl2N3O3/c1-2-23-15(22)20-7-5-19(6-8-20)10-14(21)18-13-4-3-11(16)9-12(13)17/h3-4,9H,2,5-8,10H2,1H3,(H,18,21). The molecule has 0 spiro atoms. The van der Waals surface area contributed by atoms with E-state index in [1.165, 1.54) is 0 Å². The summed E-state index contributed by atoms with van der Waals surface area (Å²) in [7, 11) is 0. The fourth-order valence-corrected chi connectivity index (χ4v) is 2.74. The highest BCUT2D eigenvalue weighted by molar-refractivity contribution is 6.36. The van der Waals surface area contributed by atoms with Crippen molar-refractivity contribution in [1.82, 2.24) is 9.80 Å². The van der Waals surface area contributed by atoms with Gasteiger partial charge in [0.2, 0.25) is 5.91 Å². The van der Waals surface area contributed by atoms with Crippen LogP contribution in [0.3, 0.4) is 0 Å². The first kappa shape index (κ1) is 17.8. The van der Waals surface area contributed by atoms with Crippen molar-refractivity contribution in [3.63, 3.8) is 0 Å². The Hall–Kier alpha value is -1.50. The number of hydrogen-bond acceptors (Lipinski definition) is 4. The highest BCUT2D eigenvalue weighted by Gasteiger charge is 2.23. The van der Waals surface area contributed by atoms with Crippen molar-refractivity contribution in [3.8, 4) is 0 Å². The van der Waals surface area contributed by atoms with Crippen LogP contribution in [-0.2, 0) is 9.53 Å². The number of nitrogens with zero attached hydrogens (tertiary/aromatic N) is 2. The minimum absolute atomic E-state index is 0.154. The van der Waals surface area contributed by atoms with Gasteiger partial charge in [0.15, 0.2) is 0 Å². The molecule has 0 aromatic heterocycles. The summed E-state index contributed by atoms with van der Waals surface area (Å²) < 4.78 is 4.96. The zero-order valence-corrected chi connectivity index (χ0v) is 14.4. The van der Waals surface area contributed by atoms with Gasteiger partial charge in [-0.3, -0.25) is 9.69 Å². The van der Waals surface area contributed by atoms with Crippen LogP contribution in [-0.4, -0.2) is 61.1 Å². The predicted molar refractivity (Wildman–Crippen MR) is 90.1 cm³/mol. The molecule has 1 saturated heterocycles. The van der Waals surface area contributed by atoms with Crippen LogP contribution >= 0.6 is 23.2 Å². The lowest BCUT2D eigenvalue weighted by atomic mass is 10.3. The molecule has 23 heavy (non-hydrogen) atoms. The van der Waals surface area contributed by atoms with Gasteiger partial charge in [-0.25, -0.2) is 4.79 Å². The molecule has 2 rings (SSSR count). The second-order valence-electron chi connectivity index (χ2n) is 5.13. The predicted octanol–water partition coefficient (Wildman–Crippen LogP) is 2.71. The highest BCUT2D eigenvalue weighted by atomic mass is 35.5. The van der Waals surface area contributed by atoms with Crippen molar-refractivity contribution in [2.75, 3.05) is 44.6 Å². The maximum Gasteiger partial charge on any atom is 0.409 e.